The summed E-state index contributed by atoms with van der Waals surface area (Å²) in [4.78, 5) is 25.7. The van der Waals surface area contributed by atoms with Gasteiger partial charge in [-0.25, -0.2) is 0 Å². The van der Waals surface area contributed by atoms with Crippen LogP contribution in [0.15, 0.2) is 29.3 Å². The van der Waals surface area contributed by atoms with Crippen LogP contribution in [0.5, 0.6) is 0 Å². The molecule has 7 heteroatoms. The largest absolute Gasteiger partial charge is 0.370 e. The van der Waals surface area contributed by atoms with Crippen LogP contribution in [0.4, 0.5) is 5.69 Å². The number of nitrogens with two attached hydrogens (primary N) is 2. The third-order valence-corrected chi connectivity index (χ3v) is 2.66. The standard InChI is InChI=1S/C13H16N4O3/c1-3-4-5-9-6-8(2)10(7-11(9)17(19)20)12(18)16-13(14)15/h3-4,6-7H,5H2,1-2H3,(H4,14,15,16,18)/b4-3+. The maximum absolute atomic E-state index is 11.8. The Labute approximate surface area is 116 Å². The van der Waals surface area contributed by atoms with E-state index in [0.29, 0.717) is 17.5 Å². The molecule has 0 aliphatic rings. The van der Waals surface area contributed by atoms with Crippen LogP contribution < -0.4 is 11.5 Å². The highest BCUT2D eigenvalue weighted by Gasteiger charge is 2.19. The summed E-state index contributed by atoms with van der Waals surface area (Å²) in [5.74, 6) is -1.07. The third kappa shape index (κ3) is 3.64. The van der Waals surface area contributed by atoms with E-state index in [-0.39, 0.29) is 17.2 Å². The molecule has 0 saturated heterocycles. The Morgan fingerprint density at radius 2 is 2.10 bits per heavy atom. The molecule has 0 atom stereocenters. The molecule has 1 aromatic rings. The van der Waals surface area contributed by atoms with Gasteiger partial charge in [-0.2, -0.15) is 4.99 Å². The average molecular weight is 276 g/mol. The maximum atomic E-state index is 11.8. The van der Waals surface area contributed by atoms with Gasteiger partial charge < -0.3 is 11.5 Å². The molecular formula is C13H16N4O3. The summed E-state index contributed by atoms with van der Waals surface area (Å²) in [6.07, 6.45) is 4.03. The molecule has 1 aromatic carbocycles. The first-order valence-electron chi connectivity index (χ1n) is 5.89. The lowest BCUT2D eigenvalue weighted by molar-refractivity contribution is -0.385. The fourth-order valence-electron chi connectivity index (χ4n) is 1.74. The Bertz CT molecular complexity index is 602. The normalized spacial score (nSPS) is 10.5. The molecule has 0 bridgehead atoms. The minimum absolute atomic E-state index is 0.120. The molecule has 4 N–H and O–H groups in total. The van der Waals surface area contributed by atoms with Gasteiger partial charge in [0.2, 0.25) is 0 Å². The second kappa shape index (κ2) is 6.46. The number of aliphatic imine (C=N–C) groups is 1. The summed E-state index contributed by atoms with van der Waals surface area (Å²) >= 11 is 0. The van der Waals surface area contributed by atoms with Gasteiger partial charge >= 0.3 is 0 Å². The van der Waals surface area contributed by atoms with Gasteiger partial charge in [-0.05, 0) is 31.9 Å². The minimum Gasteiger partial charge on any atom is -0.370 e. The van der Waals surface area contributed by atoms with Crippen LogP contribution in [0.2, 0.25) is 0 Å². The number of rotatable bonds is 4. The van der Waals surface area contributed by atoms with Gasteiger partial charge in [0.05, 0.1) is 10.5 Å². The number of benzene rings is 1. The van der Waals surface area contributed by atoms with Crippen LogP contribution in [0.25, 0.3) is 0 Å². The number of guanidine groups is 1. The van der Waals surface area contributed by atoms with Crippen molar-refractivity contribution in [1.82, 2.24) is 0 Å². The number of hydrogen-bond donors (Lipinski definition) is 2. The number of nitro benzene ring substituents is 1. The van der Waals surface area contributed by atoms with Gasteiger partial charge in [-0.15, -0.1) is 0 Å². The number of carbonyl (C=O) groups excluding carboxylic acids is 1. The Kier molecular flexibility index (Phi) is 4.96. The van der Waals surface area contributed by atoms with Gasteiger partial charge in [-0.3, -0.25) is 14.9 Å². The lowest BCUT2D eigenvalue weighted by atomic mass is 10.0. The van der Waals surface area contributed by atoms with E-state index in [4.69, 9.17) is 11.5 Å². The molecule has 0 fully saturated rings. The lowest BCUT2D eigenvalue weighted by Gasteiger charge is -2.06. The van der Waals surface area contributed by atoms with E-state index in [0.717, 1.165) is 0 Å². The first-order chi connectivity index (χ1) is 9.36. The van der Waals surface area contributed by atoms with Crippen LogP contribution in [0.3, 0.4) is 0 Å². The molecule has 0 aliphatic heterocycles. The molecule has 1 amide bonds. The van der Waals surface area contributed by atoms with Gasteiger partial charge in [0, 0.05) is 11.6 Å². The quantitative estimate of drug-likeness (QED) is 0.283. The summed E-state index contributed by atoms with van der Waals surface area (Å²) in [6, 6.07) is 2.82. The van der Waals surface area contributed by atoms with Crippen LogP contribution >= 0.6 is 0 Å². The number of nitro groups is 1. The monoisotopic (exact) mass is 276 g/mol. The summed E-state index contributed by atoms with van der Waals surface area (Å²) in [5.41, 5.74) is 11.4. The van der Waals surface area contributed by atoms with Crippen molar-refractivity contribution in [1.29, 1.82) is 0 Å². The number of hydrogen-bond acceptors (Lipinski definition) is 3. The lowest BCUT2D eigenvalue weighted by Crippen LogP contribution is -2.24. The second-order valence-electron chi connectivity index (χ2n) is 4.17. The van der Waals surface area contributed by atoms with Crippen LogP contribution in [0.1, 0.15) is 28.4 Å². The van der Waals surface area contributed by atoms with Gasteiger partial charge in [0.25, 0.3) is 11.6 Å². The summed E-state index contributed by atoms with van der Waals surface area (Å²) in [7, 11) is 0. The molecule has 0 spiro atoms. The Balaban J connectivity index is 3.36. The Morgan fingerprint density at radius 1 is 1.45 bits per heavy atom. The van der Waals surface area contributed by atoms with Crippen molar-refractivity contribution < 1.29 is 9.72 Å². The van der Waals surface area contributed by atoms with Crippen molar-refractivity contribution in [2.24, 2.45) is 16.5 Å². The molecule has 0 radical (unpaired) electrons. The SMILES string of the molecule is C/C=C/Cc1cc(C)c(C(=O)N=C(N)N)cc1[N+](=O)[O-]. The highest BCUT2D eigenvalue weighted by atomic mass is 16.6. The number of nitrogens with zero attached hydrogens (tertiary/aromatic N) is 2. The number of aryl methyl sites for hydroxylation is 1. The minimum atomic E-state index is -0.691. The van der Waals surface area contributed by atoms with Crippen LogP contribution in [-0.2, 0) is 6.42 Å². The van der Waals surface area contributed by atoms with Gasteiger partial charge in [0.15, 0.2) is 5.96 Å². The van der Waals surface area contributed by atoms with E-state index >= 15 is 0 Å². The molecular weight excluding hydrogens is 260 g/mol. The highest BCUT2D eigenvalue weighted by molar-refractivity contribution is 6.03. The number of carbonyl (C=O) groups is 1. The summed E-state index contributed by atoms with van der Waals surface area (Å²) in [6.45, 7) is 3.51. The van der Waals surface area contributed by atoms with Crippen molar-refractivity contribution in [3.05, 3.63) is 51.1 Å². The van der Waals surface area contributed by atoms with Crippen molar-refractivity contribution in [2.45, 2.75) is 20.3 Å². The van der Waals surface area contributed by atoms with E-state index in [1.807, 2.05) is 6.92 Å². The summed E-state index contributed by atoms with van der Waals surface area (Å²) in [5, 5.41) is 11.1. The average Bonchev–Trinajstić information content (AvgIpc) is 2.34. The number of amides is 1. The Hall–Kier alpha value is -2.70. The van der Waals surface area contributed by atoms with Crippen molar-refractivity contribution in [3.63, 3.8) is 0 Å². The van der Waals surface area contributed by atoms with Crippen molar-refractivity contribution >= 4 is 17.6 Å². The fourth-order valence-corrected chi connectivity index (χ4v) is 1.74. The van der Waals surface area contributed by atoms with E-state index in [1.54, 1.807) is 25.1 Å². The van der Waals surface area contributed by atoms with Gasteiger partial charge in [0.1, 0.15) is 0 Å². The first kappa shape index (κ1) is 15.4. The van der Waals surface area contributed by atoms with E-state index < -0.39 is 10.8 Å². The molecule has 0 aromatic heterocycles. The van der Waals surface area contributed by atoms with Crippen LogP contribution in [0, 0.1) is 17.0 Å². The molecule has 7 nitrogen and oxygen atoms in total. The molecule has 0 heterocycles. The first-order valence-corrected chi connectivity index (χ1v) is 5.89. The van der Waals surface area contributed by atoms with Crippen molar-refractivity contribution in [2.75, 3.05) is 0 Å². The molecule has 106 valence electrons. The molecule has 20 heavy (non-hydrogen) atoms. The molecule has 1 rings (SSSR count). The predicted molar refractivity (Wildman–Crippen MR) is 76.5 cm³/mol. The predicted octanol–water partition coefficient (Wildman–Crippen LogP) is 1.44. The summed E-state index contributed by atoms with van der Waals surface area (Å²) < 4.78 is 0. The zero-order valence-corrected chi connectivity index (χ0v) is 11.3. The molecule has 0 unspecified atom stereocenters. The fraction of sp³-hybridized carbons (Fsp3) is 0.231. The second-order valence-corrected chi connectivity index (χ2v) is 4.17. The zero-order chi connectivity index (χ0) is 15.3. The Morgan fingerprint density at radius 3 is 2.60 bits per heavy atom. The van der Waals surface area contributed by atoms with E-state index in [9.17, 15) is 14.9 Å². The van der Waals surface area contributed by atoms with E-state index in [1.165, 1.54) is 6.07 Å². The maximum Gasteiger partial charge on any atom is 0.280 e. The zero-order valence-electron chi connectivity index (χ0n) is 11.3. The van der Waals surface area contributed by atoms with Crippen LogP contribution in [-0.4, -0.2) is 16.8 Å². The molecule has 0 saturated carbocycles. The van der Waals surface area contributed by atoms with Crippen molar-refractivity contribution in [3.8, 4) is 0 Å². The van der Waals surface area contributed by atoms with Gasteiger partial charge in [-0.1, -0.05) is 12.2 Å². The third-order valence-electron chi connectivity index (χ3n) is 2.66. The highest BCUT2D eigenvalue weighted by Crippen LogP contribution is 2.25. The molecule has 0 aliphatic carbocycles. The smallest absolute Gasteiger partial charge is 0.280 e. The topological polar surface area (TPSA) is 125 Å². The number of allylic oxidation sites excluding steroid dienone is 2. The van der Waals surface area contributed by atoms with E-state index in [2.05, 4.69) is 4.99 Å².